The summed E-state index contributed by atoms with van der Waals surface area (Å²) in [6, 6.07) is 7.02. The average molecular weight is 291 g/mol. The summed E-state index contributed by atoms with van der Waals surface area (Å²) < 4.78 is 5.19. The highest BCUT2D eigenvalue weighted by Crippen LogP contribution is 2.22. The molecule has 6 heteroatoms. The molecule has 0 saturated carbocycles. The molecule has 1 saturated heterocycles. The molecule has 1 heterocycles. The van der Waals surface area contributed by atoms with Gasteiger partial charge in [0, 0.05) is 13.1 Å². The van der Waals surface area contributed by atoms with Crippen molar-refractivity contribution in [1.29, 1.82) is 0 Å². The summed E-state index contributed by atoms with van der Waals surface area (Å²) in [5.41, 5.74) is 0.611. The molecule has 0 aliphatic carbocycles. The van der Waals surface area contributed by atoms with Crippen molar-refractivity contribution in [2.24, 2.45) is 0 Å². The fourth-order valence-corrected chi connectivity index (χ4v) is 2.38. The molecular formula is C15H21N3O3. The summed E-state index contributed by atoms with van der Waals surface area (Å²) in [6.07, 6.45) is 0.726. The lowest BCUT2D eigenvalue weighted by Crippen LogP contribution is -2.56. The number of nitrogens with zero attached hydrogens (tertiary/aromatic N) is 1. The molecule has 21 heavy (non-hydrogen) atoms. The number of hydrogen-bond donors (Lipinski definition) is 2. The third-order valence-corrected chi connectivity index (χ3v) is 3.51. The summed E-state index contributed by atoms with van der Waals surface area (Å²) in [5.74, 6) is 0.368. The van der Waals surface area contributed by atoms with Crippen LogP contribution in [0.5, 0.6) is 5.75 Å². The Balaban J connectivity index is 1.97. The molecule has 0 spiro atoms. The van der Waals surface area contributed by atoms with Crippen LogP contribution in [0.25, 0.3) is 0 Å². The zero-order chi connectivity index (χ0) is 15.2. The number of carbonyl (C=O) groups excluding carboxylic acids is 2. The van der Waals surface area contributed by atoms with Gasteiger partial charge in [0.1, 0.15) is 5.75 Å². The molecule has 2 rings (SSSR count). The second kappa shape index (κ2) is 7.08. The molecule has 0 bridgehead atoms. The number of piperazine rings is 1. The van der Waals surface area contributed by atoms with E-state index in [0.29, 0.717) is 24.5 Å². The van der Waals surface area contributed by atoms with E-state index in [1.54, 1.807) is 24.1 Å². The summed E-state index contributed by atoms with van der Waals surface area (Å²) in [7, 11) is 1.55. The SMILES string of the molecule is CCC1NCCN(CC(=O)Nc2ccccc2OC)C1=O. The summed E-state index contributed by atoms with van der Waals surface area (Å²) in [5, 5.41) is 5.93. The van der Waals surface area contributed by atoms with Crippen molar-refractivity contribution < 1.29 is 14.3 Å². The largest absolute Gasteiger partial charge is 0.495 e. The summed E-state index contributed by atoms with van der Waals surface area (Å²) in [6.45, 7) is 3.28. The zero-order valence-corrected chi connectivity index (χ0v) is 12.4. The molecule has 6 nitrogen and oxygen atoms in total. The second-order valence-corrected chi connectivity index (χ2v) is 4.92. The predicted octanol–water partition coefficient (Wildman–Crippen LogP) is 0.844. The maximum atomic E-state index is 12.1. The molecule has 0 radical (unpaired) electrons. The van der Waals surface area contributed by atoms with Gasteiger partial charge in [-0.3, -0.25) is 9.59 Å². The van der Waals surface area contributed by atoms with Crippen molar-refractivity contribution in [2.45, 2.75) is 19.4 Å². The Labute approximate surface area is 124 Å². The smallest absolute Gasteiger partial charge is 0.244 e. The number of carbonyl (C=O) groups is 2. The quantitative estimate of drug-likeness (QED) is 0.843. The van der Waals surface area contributed by atoms with Crippen LogP contribution in [0.4, 0.5) is 5.69 Å². The highest BCUT2D eigenvalue weighted by atomic mass is 16.5. The molecule has 1 aromatic carbocycles. The van der Waals surface area contributed by atoms with E-state index in [1.807, 2.05) is 19.1 Å². The first kappa shape index (κ1) is 15.3. The van der Waals surface area contributed by atoms with E-state index in [2.05, 4.69) is 10.6 Å². The van der Waals surface area contributed by atoms with Crippen LogP contribution in [-0.4, -0.2) is 49.5 Å². The van der Waals surface area contributed by atoms with Gasteiger partial charge in [-0.05, 0) is 18.6 Å². The van der Waals surface area contributed by atoms with Crippen LogP contribution in [0.3, 0.4) is 0 Å². The fourth-order valence-electron chi connectivity index (χ4n) is 2.38. The van der Waals surface area contributed by atoms with Crippen molar-refractivity contribution in [2.75, 3.05) is 32.1 Å². The van der Waals surface area contributed by atoms with E-state index in [4.69, 9.17) is 4.74 Å². The zero-order valence-electron chi connectivity index (χ0n) is 12.4. The van der Waals surface area contributed by atoms with E-state index < -0.39 is 0 Å². The Morgan fingerprint density at radius 1 is 1.48 bits per heavy atom. The van der Waals surface area contributed by atoms with Crippen LogP contribution < -0.4 is 15.4 Å². The lowest BCUT2D eigenvalue weighted by molar-refractivity contribution is -0.138. The molecule has 114 valence electrons. The molecule has 1 aliphatic heterocycles. The number of nitrogens with one attached hydrogen (secondary N) is 2. The Bertz CT molecular complexity index is 519. The van der Waals surface area contributed by atoms with Gasteiger partial charge in [-0.1, -0.05) is 19.1 Å². The number of amides is 2. The third kappa shape index (κ3) is 3.72. The fraction of sp³-hybridized carbons (Fsp3) is 0.467. The minimum atomic E-state index is -0.218. The summed E-state index contributed by atoms with van der Waals surface area (Å²) >= 11 is 0. The molecular weight excluding hydrogens is 270 g/mol. The van der Waals surface area contributed by atoms with Crippen LogP contribution in [-0.2, 0) is 9.59 Å². The molecule has 0 aromatic heterocycles. The van der Waals surface area contributed by atoms with Crippen LogP contribution in [0.1, 0.15) is 13.3 Å². The minimum absolute atomic E-state index is 0.0149. The van der Waals surface area contributed by atoms with Gasteiger partial charge < -0.3 is 20.3 Å². The molecule has 1 unspecified atom stereocenters. The minimum Gasteiger partial charge on any atom is -0.495 e. The standard InChI is InChI=1S/C15H21N3O3/c1-3-11-15(20)18(9-8-16-11)10-14(19)17-12-6-4-5-7-13(12)21-2/h4-7,11,16H,3,8-10H2,1-2H3,(H,17,19). The molecule has 2 N–H and O–H groups in total. The Morgan fingerprint density at radius 2 is 2.24 bits per heavy atom. The van der Waals surface area contributed by atoms with Crippen LogP contribution >= 0.6 is 0 Å². The van der Waals surface area contributed by atoms with Gasteiger partial charge in [0.15, 0.2) is 0 Å². The molecule has 1 atom stereocenters. The molecule has 1 aliphatic rings. The van der Waals surface area contributed by atoms with Gasteiger partial charge in [-0.15, -0.1) is 0 Å². The first-order valence-corrected chi connectivity index (χ1v) is 7.10. The highest BCUT2D eigenvalue weighted by Gasteiger charge is 2.28. The van der Waals surface area contributed by atoms with E-state index in [-0.39, 0.29) is 24.4 Å². The predicted molar refractivity (Wildman–Crippen MR) is 80.3 cm³/mol. The van der Waals surface area contributed by atoms with Crippen molar-refractivity contribution in [3.05, 3.63) is 24.3 Å². The van der Waals surface area contributed by atoms with Crippen LogP contribution in [0, 0.1) is 0 Å². The van der Waals surface area contributed by atoms with E-state index >= 15 is 0 Å². The third-order valence-electron chi connectivity index (χ3n) is 3.51. The van der Waals surface area contributed by atoms with Gasteiger partial charge >= 0.3 is 0 Å². The van der Waals surface area contributed by atoms with Gasteiger partial charge in [-0.25, -0.2) is 0 Å². The van der Waals surface area contributed by atoms with Crippen LogP contribution in [0.2, 0.25) is 0 Å². The highest BCUT2D eigenvalue weighted by molar-refractivity contribution is 5.96. The van der Waals surface area contributed by atoms with E-state index in [9.17, 15) is 9.59 Å². The Kier molecular flexibility index (Phi) is 5.16. The van der Waals surface area contributed by atoms with Crippen molar-refractivity contribution in [3.8, 4) is 5.75 Å². The number of hydrogen-bond acceptors (Lipinski definition) is 4. The number of para-hydroxylation sites is 2. The monoisotopic (exact) mass is 291 g/mol. The molecule has 2 amide bonds. The maximum Gasteiger partial charge on any atom is 0.244 e. The van der Waals surface area contributed by atoms with Crippen LogP contribution in [0.15, 0.2) is 24.3 Å². The maximum absolute atomic E-state index is 12.1. The normalized spacial score (nSPS) is 18.5. The lowest BCUT2D eigenvalue weighted by Gasteiger charge is -2.32. The van der Waals surface area contributed by atoms with Crippen molar-refractivity contribution >= 4 is 17.5 Å². The topological polar surface area (TPSA) is 70.7 Å². The number of benzene rings is 1. The molecule has 1 aromatic rings. The first-order chi connectivity index (χ1) is 10.2. The van der Waals surface area contributed by atoms with Crippen molar-refractivity contribution in [3.63, 3.8) is 0 Å². The first-order valence-electron chi connectivity index (χ1n) is 7.10. The Hall–Kier alpha value is -2.08. The molecule has 1 fully saturated rings. The van der Waals surface area contributed by atoms with Gasteiger partial charge in [-0.2, -0.15) is 0 Å². The van der Waals surface area contributed by atoms with Gasteiger partial charge in [0.05, 0.1) is 25.4 Å². The number of anilines is 1. The van der Waals surface area contributed by atoms with Crippen molar-refractivity contribution in [1.82, 2.24) is 10.2 Å². The number of rotatable bonds is 5. The summed E-state index contributed by atoms with van der Waals surface area (Å²) in [4.78, 5) is 25.8. The Morgan fingerprint density at radius 3 is 2.95 bits per heavy atom. The number of methoxy groups -OCH3 is 1. The van der Waals surface area contributed by atoms with E-state index in [1.165, 1.54) is 0 Å². The van der Waals surface area contributed by atoms with Gasteiger partial charge in [0.2, 0.25) is 11.8 Å². The van der Waals surface area contributed by atoms with E-state index in [0.717, 1.165) is 6.42 Å². The number of ether oxygens (including phenoxy) is 1. The second-order valence-electron chi connectivity index (χ2n) is 4.92. The average Bonchev–Trinajstić information content (AvgIpc) is 2.50. The lowest BCUT2D eigenvalue weighted by atomic mass is 10.1. The van der Waals surface area contributed by atoms with Gasteiger partial charge in [0.25, 0.3) is 0 Å².